The summed E-state index contributed by atoms with van der Waals surface area (Å²) in [6, 6.07) is 17.5. The molecule has 37 heavy (non-hydrogen) atoms. The van der Waals surface area contributed by atoms with Gasteiger partial charge in [0.15, 0.2) is 5.82 Å². The molecule has 5 rings (SSSR count). The second-order valence-corrected chi connectivity index (χ2v) is 9.83. The molecule has 0 aliphatic carbocycles. The fraction of sp³-hybridized carbons (Fsp3) is 0.321. The van der Waals surface area contributed by atoms with Crippen LogP contribution in [0.3, 0.4) is 0 Å². The van der Waals surface area contributed by atoms with Crippen LogP contribution in [0.15, 0.2) is 65.6 Å². The summed E-state index contributed by atoms with van der Waals surface area (Å²) in [5.41, 5.74) is 3.00. The Labute approximate surface area is 221 Å². The summed E-state index contributed by atoms with van der Waals surface area (Å²) in [6.45, 7) is 13.1. The van der Waals surface area contributed by atoms with Crippen molar-refractivity contribution < 1.29 is 0 Å². The first kappa shape index (κ1) is 24.9. The van der Waals surface area contributed by atoms with Gasteiger partial charge >= 0.3 is 5.69 Å². The van der Waals surface area contributed by atoms with Crippen LogP contribution in [0.5, 0.6) is 0 Å². The van der Waals surface area contributed by atoms with Crippen LogP contribution in [0.1, 0.15) is 37.6 Å². The van der Waals surface area contributed by atoms with Gasteiger partial charge in [0.2, 0.25) is 5.52 Å². The third-order valence-corrected chi connectivity index (χ3v) is 7.40. The van der Waals surface area contributed by atoms with E-state index >= 15 is 0 Å². The molecule has 1 saturated heterocycles. The van der Waals surface area contributed by atoms with Crippen molar-refractivity contribution >= 4 is 34.3 Å². The van der Waals surface area contributed by atoms with Gasteiger partial charge in [-0.1, -0.05) is 43.3 Å². The predicted molar refractivity (Wildman–Crippen MR) is 146 cm³/mol. The van der Waals surface area contributed by atoms with Crippen molar-refractivity contribution in [3.05, 3.63) is 99.0 Å². The number of rotatable bonds is 5. The number of hydrogen-bond acceptors (Lipinski definition) is 6. The van der Waals surface area contributed by atoms with Crippen molar-refractivity contribution in [1.29, 1.82) is 0 Å². The summed E-state index contributed by atoms with van der Waals surface area (Å²) in [6.07, 6.45) is 2.72. The van der Waals surface area contributed by atoms with Crippen molar-refractivity contribution in [3.63, 3.8) is 0 Å². The van der Waals surface area contributed by atoms with Crippen LogP contribution >= 0.6 is 11.6 Å². The third kappa shape index (κ3) is 4.68. The standard InChI is InChI=1S/C28H28ClN7O/c1-5-21-17-35(27-25-23(34(4)28(37)33-27)13-14-24(30-3)32-25)18(2)16-36(21)26(22-8-6-7-15-31-22)19-9-11-20(29)12-10-19/h6-15,18,21,26H,5,16-17H2,1-2,4H3/t18-,21+,26?/m0/s1. The van der Waals surface area contributed by atoms with Crippen LogP contribution < -0.4 is 10.6 Å². The van der Waals surface area contributed by atoms with E-state index in [0.29, 0.717) is 28.4 Å². The number of anilines is 1. The lowest BCUT2D eigenvalue weighted by Gasteiger charge is -2.48. The lowest BCUT2D eigenvalue weighted by molar-refractivity contribution is 0.113. The van der Waals surface area contributed by atoms with Crippen LogP contribution in [0.2, 0.25) is 5.02 Å². The number of aromatic nitrogens is 4. The topological polar surface area (TPSA) is 71.5 Å². The van der Waals surface area contributed by atoms with Crippen LogP contribution in [0.4, 0.5) is 11.6 Å². The number of fused-ring (bicyclic) bond motifs is 1. The first-order valence-corrected chi connectivity index (χ1v) is 12.7. The fourth-order valence-corrected chi connectivity index (χ4v) is 5.34. The van der Waals surface area contributed by atoms with Crippen molar-refractivity contribution in [2.24, 2.45) is 7.05 Å². The molecule has 1 aromatic carbocycles. The summed E-state index contributed by atoms with van der Waals surface area (Å²) in [7, 11) is 1.68. The Morgan fingerprint density at radius 3 is 2.57 bits per heavy atom. The largest absolute Gasteiger partial charge is 0.361 e. The molecule has 0 radical (unpaired) electrons. The molecule has 0 saturated carbocycles. The highest BCUT2D eigenvalue weighted by Crippen LogP contribution is 2.36. The second kappa shape index (κ2) is 10.3. The zero-order valence-corrected chi connectivity index (χ0v) is 21.8. The molecule has 3 atom stereocenters. The maximum Gasteiger partial charge on any atom is 0.350 e. The maximum absolute atomic E-state index is 12.8. The van der Waals surface area contributed by atoms with Gasteiger partial charge in [-0.05, 0) is 55.3 Å². The summed E-state index contributed by atoms with van der Waals surface area (Å²) in [4.78, 5) is 34.7. The van der Waals surface area contributed by atoms with Gasteiger partial charge in [-0.2, -0.15) is 4.98 Å². The predicted octanol–water partition coefficient (Wildman–Crippen LogP) is 5.01. The van der Waals surface area contributed by atoms with Gasteiger partial charge in [0.1, 0.15) is 0 Å². The molecule has 1 aliphatic heterocycles. The third-order valence-electron chi connectivity index (χ3n) is 7.15. The highest BCUT2D eigenvalue weighted by Gasteiger charge is 2.38. The molecular weight excluding hydrogens is 486 g/mol. The molecule has 8 nitrogen and oxygen atoms in total. The van der Waals surface area contributed by atoms with E-state index in [4.69, 9.17) is 23.2 Å². The highest BCUT2D eigenvalue weighted by atomic mass is 35.5. The first-order valence-electron chi connectivity index (χ1n) is 12.3. The van der Waals surface area contributed by atoms with E-state index < -0.39 is 0 Å². The van der Waals surface area contributed by atoms with Gasteiger partial charge in [0, 0.05) is 43.4 Å². The minimum absolute atomic E-state index is 0.0301. The number of nitrogens with zero attached hydrogens (tertiary/aromatic N) is 7. The molecule has 0 spiro atoms. The fourth-order valence-electron chi connectivity index (χ4n) is 5.22. The van der Waals surface area contributed by atoms with E-state index in [2.05, 4.69) is 56.7 Å². The minimum Gasteiger partial charge on any atom is -0.361 e. The number of hydrogen-bond donors (Lipinski definition) is 0. The van der Waals surface area contributed by atoms with E-state index in [-0.39, 0.29) is 29.6 Å². The first-order chi connectivity index (χ1) is 17.9. The number of halogens is 1. The summed E-state index contributed by atoms with van der Waals surface area (Å²) in [5.74, 6) is 0.820. The van der Waals surface area contributed by atoms with Gasteiger partial charge in [-0.15, -0.1) is 4.98 Å². The van der Waals surface area contributed by atoms with Crippen molar-refractivity contribution in [3.8, 4) is 0 Å². The van der Waals surface area contributed by atoms with Crippen molar-refractivity contribution in [1.82, 2.24) is 24.4 Å². The van der Waals surface area contributed by atoms with E-state index in [1.165, 1.54) is 4.57 Å². The molecule has 1 unspecified atom stereocenters. The van der Waals surface area contributed by atoms with Gasteiger partial charge in [0.25, 0.3) is 5.82 Å². The Bertz CT molecular complexity index is 1510. The highest BCUT2D eigenvalue weighted by molar-refractivity contribution is 6.30. The van der Waals surface area contributed by atoms with Crippen LogP contribution in [-0.4, -0.2) is 49.6 Å². The molecule has 0 N–H and O–H groups in total. The summed E-state index contributed by atoms with van der Waals surface area (Å²) in [5, 5.41) is 0.698. The SMILES string of the molecule is [C-]#[N+]c1ccc2c(n1)c(N1C[C@@H](CC)N(C(c3ccc(Cl)cc3)c3ccccn3)C[C@@H]1C)nc(=O)n2C. The monoisotopic (exact) mass is 513 g/mol. The summed E-state index contributed by atoms with van der Waals surface area (Å²) >= 11 is 6.21. The minimum atomic E-state index is -0.338. The van der Waals surface area contributed by atoms with Crippen molar-refractivity contribution in [2.75, 3.05) is 18.0 Å². The zero-order valence-electron chi connectivity index (χ0n) is 21.0. The molecule has 188 valence electrons. The average Bonchev–Trinajstić information content (AvgIpc) is 2.92. The molecule has 0 bridgehead atoms. The van der Waals surface area contributed by atoms with Gasteiger partial charge in [-0.3, -0.25) is 14.5 Å². The second-order valence-electron chi connectivity index (χ2n) is 9.39. The smallest absolute Gasteiger partial charge is 0.350 e. The molecular formula is C28H28ClN7O. The number of piperazine rings is 1. The Hall–Kier alpha value is -3.80. The Morgan fingerprint density at radius 1 is 1.11 bits per heavy atom. The molecule has 4 aromatic rings. The number of benzene rings is 1. The average molecular weight is 514 g/mol. The maximum atomic E-state index is 12.8. The lowest BCUT2D eigenvalue weighted by Crippen LogP contribution is -2.58. The van der Waals surface area contributed by atoms with Crippen molar-refractivity contribution in [2.45, 2.75) is 38.4 Å². The molecule has 1 aliphatic rings. The zero-order chi connectivity index (χ0) is 26.1. The Balaban J connectivity index is 1.58. The van der Waals surface area contributed by atoms with E-state index in [9.17, 15) is 4.79 Å². The van der Waals surface area contributed by atoms with Crippen LogP contribution in [-0.2, 0) is 7.05 Å². The molecule has 1 fully saturated rings. The van der Waals surface area contributed by atoms with Crippen LogP contribution in [0.25, 0.3) is 15.9 Å². The number of aryl methyl sites for hydroxylation is 1. The Morgan fingerprint density at radius 2 is 1.89 bits per heavy atom. The van der Waals surface area contributed by atoms with E-state index in [1.54, 1.807) is 19.2 Å². The molecule has 3 aromatic heterocycles. The van der Waals surface area contributed by atoms with E-state index in [0.717, 1.165) is 24.2 Å². The summed E-state index contributed by atoms with van der Waals surface area (Å²) < 4.78 is 1.48. The number of pyridine rings is 2. The van der Waals surface area contributed by atoms with Gasteiger partial charge in [-0.25, -0.2) is 4.79 Å². The lowest BCUT2D eigenvalue weighted by atomic mass is 9.95. The Kier molecular flexibility index (Phi) is 6.92. The van der Waals surface area contributed by atoms with Crippen LogP contribution in [0, 0.1) is 6.57 Å². The van der Waals surface area contributed by atoms with E-state index in [1.807, 2.05) is 30.5 Å². The molecule has 0 amide bonds. The quantitative estimate of drug-likeness (QED) is 0.349. The van der Waals surface area contributed by atoms with Gasteiger partial charge < -0.3 is 9.74 Å². The normalized spacial score (nSPS) is 19.1. The molecule has 4 heterocycles. The van der Waals surface area contributed by atoms with Gasteiger partial charge in [0.05, 0.1) is 17.3 Å². The molecule has 9 heteroatoms.